The molecule has 2 atom stereocenters. The summed E-state index contributed by atoms with van der Waals surface area (Å²) in [5.74, 6) is 0.115. The number of nitrogens with zero attached hydrogens (tertiary/aromatic N) is 2. The van der Waals surface area contributed by atoms with Crippen molar-refractivity contribution in [3.8, 4) is 0 Å². The summed E-state index contributed by atoms with van der Waals surface area (Å²) in [7, 11) is 4.14. The first-order valence-electron chi connectivity index (χ1n) is 5.77. The number of likely N-dealkylation sites (N-methyl/N-ethyl adjacent to an activating group) is 1. The Morgan fingerprint density at radius 1 is 1.60 bits per heavy atom. The molecule has 1 saturated heterocycles. The van der Waals surface area contributed by atoms with Gasteiger partial charge in [-0.1, -0.05) is 6.92 Å². The van der Waals surface area contributed by atoms with Crippen molar-refractivity contribution < 1.29 is 4.79 Å². The van der Waals surface area contributed by atoms with Crippen molar-refractivity contribution in [1.29, 1.82) is 0 Å². The van der Waals surface area contributed by atoms with E-state index in [1.807, 2.05) is 11.8 Å². The average molecular weight is 213 g/mol. The van der Waals surface area contributed by atoms with Gasteiger partial charge in [0.05, 0.1) is 6.04 Å². The smallest absolute Gasteiger partial charge is 0.239 e. The highest BCUT2D eigenvalue weighted by molar-refractivity contribution is 5.81. The van der Waals surface area contributed by atoms with E-state index in [4.69, 9.17) is 5.73 Å². The third-order valence-corrected chi connectivity index (χ3v) is 3.20. The van der Waals surface area contributed by atoms with E-state index in [0.29, 0.717) is 6.04 Å². The molecule has 1 aliphatic heterocycles. The maximum Gasteiger partial charge on any atom is 0.239 e. The second kappa shape index (κ2) is 5.47. The van der Waals surface area contributed by atoms with Crippen LogP contribution in [-0.4, -0.2) is 55.0 Å². The summed E-state index contributed by atoms with van der Waals surface area (Å²) in [6.07, 6.45) is 2.99. The van der Waals surface area contributed by atoms with Crippen LogP contribution in [0.4, 0.5) is 0 Å². The molecule has 1 heterocycles. The molecular weight excluding hydrogens is 190 g/mol. The lowest BCUT2D eigenvalue weighted by molar-refractivity contribution is -0.134. The van der Waals surface area contributed by atoms with Crippen molar-refractivity contribution in [3.63, 3.8) is 0 Å². The van der Waals surface area contributed by atoms with Crippen LogP contribution in [0.5, 0.6) is 0 Å². The number of rotatable bonds is 3. The Labute approximate surface area is 92.4 Å². The molecule has 0 aromatic carbocycles. The van der Waals surface area contributed by atoms with Crippen molar-refractivity contribution in [2.45, 2.75) is 38.3 Å². The highest BCUT2D eigenvalue weighted by atomic mass is 16.2. The minimum absolute atomic E-state index is 0.115. The minimum atomic E-state index is -0.314. The maximum atomic E-state index is 11.9. The number of carbonyl (C=O) groups is 1. The third kappa shape index (κ3) is 3.18. The molecule has 0 aromatic rings. The zero-order valence-electron chi connectivity index (χ0n) is 10.1. The standard InChI is InChI=1S/C11H23N3O/c1-4-10(12)11(15)14-7-5-6-9(8-14)13(2)3/h9-10H,4-8,12H2,1-3H3/t9?,10-/m0/s1. The number of nitrogens with two attached hydrogens (primary N) is 1. The predicted molar refractivity (Wildman–Crippen MR) is 61.6 cm³/mol. The van der Waals surface area contributed by atoms with Crippen molar-refractivity contribution in [3.05, 3.63) is 0 Å². The molecule has 4 nitrogen and oxygen atoms in total. The number of piperidine rings is 1. The van der Waals surface area contributed by atoms with E-state index < -0.39 is 0 Å². The van der Waals surface area contributed by atoms with Gasteiger partial charge in [0.15, 0.2) is 0 Å². The van der Waals surface area contributed by atoms with Gasteiger partial charge in [-0.15, -0.1) is 0 Å². The minimum Gasteiger partial charge on any atom is -0.340 e. The van der Waals surface area contributed by atoms with E-state index >= 15 is 0 Å². The van der Waals surface area contributed by atoms with Gasteiger partial charge in [-0.2, -0.15) is 0 Å². The summed E-state index contributed by atoms with van der Waals surface area (Å²) in [5.41, 5.74) is 5.76. The molecule has 0 bridgehead atoms. The van der Waals surface area contributed by atoms with Crippen LogP contribution in [0.3, 0.4) is 0 Å². The van der Waals surface area contributed by atoms with Gasteiger partial charge in [-0.3, -0.25) is 4.79 Å². The second-order valence-corrected chi connectivity index (χ2v) is 4.56. The molecule has 0 radical (unpaired) electrons. The van der Waals surface area contributed by atoms with E-state index in [1.54, 1.807) is 0 Å². The number of carbonyl (C=O) groups excluding carboxylic acids is 1. The van der Waals surface area contributed by atoms with Gasteiger partial charge in [-0.05, 0) is 33.4 Å². The van der Waals surface area contributed by atoms with Crippen LogP contribution >= 0.6 is 0 Å². The quantitative estimate of drug-likeness (QED) is 0.732. The lowest BCUT2D eigenvalue weighted by Crippen LogP contribution is -2.52. The van der Waals surface area contributed by atoms with Gasteiger partial charge in [0, 0.05) is 19.1 Å². The van der Waals surface area contributed by atoms with Crippen LogP contribution in [0.2, 0.25) is 0 Å². The monoisotopic (exact) mass is 213 g/mol. The molecular formula is C11H23N3O. The average Bonchev–Trinajstić information content (AvgIpc) is 2.27. The summed E-state index contributed by atoms with van der Waals surface area (Å²) < 4.78 is 0. The van der Waals surface area contributed by atoms with Crippen LogP contribution in [-0.2, 0) is 4.79 Å². The molecule has 1 aliphatic rings. The highest BCUT2D eigenvalue weighted by Gasteiger charge is 2.26. The lowest BCUT2D eigenvalue weighted by Gasteiger charge is -2.37. The highest BCUT2D eigenvalue weighted by Crippen LogP contribution is 2.14. The predicted octanol–water partition coefficient (Wildman–Crippen LogP) is 0.276. The van der Waals surface area contributed by atoms with Crippen LogP contribution in [0.15, 0.2) is 0 Å². The Kier molecular flexibility index (Phi) is 4.54. The van der Waals surface area contributed by atoms with Gasteiger partial charge in [-0.25, -0.2) is 0 Å². The molecule has 4 heteroatoms. The summed E-state index contributed by atoms with van der Waals surface area (Å²) in [6.45, 7) is 3.66. The zero-order valence-corrected chi connectivity index (χ0v) is 10.1. The van der Waals surface area contributed by atoms with Crippen LogP contribution in [0, 0.1) is 0 Å². The second-order valence-electron chi connectivity index (χ2n) is 4.56. The van der Waals surface area contributed by atoms with E-state index in [1.165, 1.54) is 6.42 Å². The molecule has 2 N–H and O–H groups in total. The molecule has 88 valence electrons. The Bertz CT molecular complexity index is 218. The van der Waals surface area contributed by atoms with Crippen LogP contribution in [0.25, 0.3) is 0 Å². The molecule has 0 aliphatic carbocycles. The van der Waals surface area contributed by atoms with Gasteiger partial charge < -0.3 is 15.5 Å². The fourth-order valence-electron chi connectivity index (χ4n) is 1.99. The third-order valence-electron chi connectivity index (χ3n) is 3.20. The topological polar surface area (TPSA) is 49.6 Å². The molecule has 1 fully saturated rings. The molecule has 0 spiro atoms. The molecule has 1 amide bonds. The Hall–Kier alpha value is -0.610. The van der Waals surface area contributed by atoms with Gasteiger partial charge in [0.1, 0.15) is 0 Å². The summed E-state index contributed by atoms with van der Waals surface area (Å²) >= 11 is 0. The van der Waals surface area contributed by atoms with E-state index in [-0.39, 0.29) is 11.9 Å². The fourth-order valence-corrected chi connectivity index (χ4v) is 1.99. The first kappa shape index (κ1) is 12.5. The first-order chi connectivity index (χ1) is 7.06. The van der Waals surface area contributed by atoms with E-state index in [0.717, 1.165) is 25.9 Å². The SMILES string of the molecule is CC[C@H](N)C(=O)N1CCCC(N(C)C)C1. The summed E-state index contributed by atoms with van der Waals surface area (Å²) in [5, 5.41) is 0. The van der Waals surface area contributed by atoms with E-state index in [9.17, 15) is 4.79 Å². The van der Waals surface area contributed by atoms with Crippen LogP contribution in [0.1, 0.15) is 26.2 Å². The van der Waals surface area contributed by atoms with Crippen molar-refractivity contribution in [1.82, 2.24) is 9.80 Å². The van der Waals surface area contributed by atoms with Crippen molar-refractivity contribution in [2.75, 3.05) is 27.2 Å². The first-order valence-corrected chi connectivity index (χ1v) is 5.77. The Morgan fingerprint density at radius 2 is 2.27 bits per heavy atom. The fraction of sp³-hybridized carbons (Fsp3) is 0.909. The Morgan fingerprint density at radius 3 is 2.80 bits per heavy atom. The van der Waals surface area contributed by atoms with Crippen molar-refractivity contribution >= 4 is 5.91 Å². The zero-order chi connectivity index (χ0) is 11.4. The summed E-state index contributed by atoms with van der Waals surface area (Å²) in [6, 6.07) is 0.178. The largest absolute Gasteiger partial charge is 0.340 e. The number of likely N-dealkylation sites (tertiary alicyclic amines) is 1. The van der Waals surface area contributed by atoms with Gasteiger partial charge >= 0.3 is 0 Å². The lowest BCUT2D eigenvalue weighted by atomic mass is 10.0. The van der Waals surface area contributed by atoms with E-state index in [2.05, 4.69) is 19.0 Å². The molecule has 15 heavy (non-hydrogen) atoms. The molecule has 1 rings (SSSR count). The number of amides is 1. The number of hydrogen-bond donors (Lipinski definition) is 1. The van der Waals surface area contributed by atoms with Crippen LogP contribution < -0.4 is 5.73 Å². The number of hydrogen-bond acceptors (Lipinski definition) is 3. The summed E-state index contributed by atoms with van der Waals surface area (Å²) in [4.78, 5) is 16.0. The van der Waals surface area contributed by atoms with Gasteiger partial charge in [0.25, 0.3) is 0 Å². The Balaban J connectivity index is 2.52. The van der Waals surface area contributed by atoms with Crippen molar-refractivity contribution in [2.24, 2.45) is 5.73 Å². The molecule has 1 unspecified atom stereocenters. The maximum absolute atomic E-state index is 11.9. The van der Waals surface area contributed by atoms with Gasteiger partial charge in [0.2, 0.25) is 5.91 Å². The normalized spacial score (nSPS) is 24.3. The molecule has 0 saturated carbocycles. The molecule has 0 aromatic heterocycles.